The van der Waals surface area contributed by atoms with Crippen molar-refractivity contribution in [3.8, 4) is 0 Å². The summed E-state index contributed by atoms with van der Waals surface area (Å²) in [6.07, 6.45) is 1.15. The molecule has 0 aliphatic rings. The molecule has 0 aliphatic carbocycles. The van der Waals surface area contributed by atoms with Gasteiger partial charge in [-0.1, -0.05) is 0 Å². The van der Waals surface area contributed by atoms with Crippen molar-refractivity contribution in [2.24, 2.45) is 12.1 Å². The summed E-state index contributed by atoms with van der Waals surface area (Å²) in [6, 6.07) is 0. The van der Waals surface area contributed by atoms with E-state index in [0.717, 1.165) is 10.9 Å². The predicted octanol–water partition coefficient (Wildman–Crippen LogP) is 0.739. The highest BCUT2D eigenvalue weighted by Gasteiger charge is 2.22. The Labute approximate surface area is 136 Å². The summed E-state index contributed by atoms with van der Waals surface area (Å²) < 4.78 is 16.0. The van der Waals surface area contributed by atoms with Crippen LogP contribution in [0.15, 0.2) is 5.10 Å². The minimum Gasteiger partial charge on any atom is -0.271 e. The number of hydrazone groups is 1. The first-order chi connectivity index (χ1) is 11.2. The van der Waals surface area contributed by atoms with Crippen molar-refractivity contribution < 1.29 is 14.1 Å². The number of carbonyl (C=O) groups excluding carboxylic acids is 1. The van der Waals surface area contributed by atoms with E-state index in [1.165, 1.54) is 25.6 Å². The van der Waals surface area contributed by atoms with Crippen LogP contribution in [0, 0.1) is 36.8 Å². The summed E-state index contributed by atoms with van der Waals surface area (Å²) in [5, 5.41) is 22.4. The number of amides is 1. The lowest BCUT2D eigenvalue weighted by Crippen LogP contribution is -2.24. The molecule has 2 rings (SSSR count). The van der Waals surface area contributed by atoms with Crippen molar-refractivity contribution in [3.05, 3.63) is 38.7 Å². The van der Waals surface area contributed by atoms with E-state index in [-0.39, 0.29) is 29.2 Å². The van der Waals surface area contributed by atoms with Crippen molar-refractivity contribution >= 4 is 17.8 Å². The van der Waals surface area contributed by atoms with Gasteiger partial charge in [-0.2, -0.15) is 19.7 Å². The van der Waals surface area contributed by atoms with Crippen LogP contribution in [0.2, 0.25) is 0 Å². The predicted molar refractivity (Wildman–Crippen MR) is 82.0 cm³/mol. The molecule has 10 nitrogen and oxygen atoms in total. The van der Waals surface area contributed by atoms with Crippen LogP contribution in [0.4, 0.5) is 10.1 Å². The highest BCUT2D eigenvalue weighted by molar-refractivity contribution is 5.83. The Bertz CT molecular complexity index is 837. The maximum Gasteiger partial charge on any atom is 0.312 e. The molecule has 0 saturated carbocycles. The van der Waals surface area contributed by atoms with Gasteiger partial charge >= 0.3 is 5.69 Å². The molecule has 128 valence electrons. The van der Waals surface area contributed by atoms with Gasteiger partial charge in [0, 0.05) is 7.05 Å². The lowest BCUT2D eigenvalue weighted by molar-refractivity contribution is -0.386. The molecule has 24 heavy (non-hydrogen) atoms. The SMILES string of the molecule is Cc1nn(C)c(F)c1/C=N\NC(=O)Cn1nc(C)c([N+](=O)[O-])c1C. The fourth-order valence-electron chi connectivity index (χ4n) is 2.24. The quantitative estimate of drug-likeness (QED) is 0.490. The van der Waals surface area contributed by atoms with Crippen molar-refractivity contribution in [2.45, 2.75) is 27.3 Å². The Morgan fingerprint density at radius 2 is 2.04 bits per heavy atom. The van der Waals surface area contributed by atoms with E-state index in [2.05, 4.69) is 20.7 Å². The van der Waals surface area contributed by atoms with Gasteiger partial charge in [0.25, 0.3) is 5.91 Å². The molecule has 0 aromatic carbocycles. The smallest absolute Gasteiger partial charge is 0.271 e. The molecule has 0 radical (unpaired) electrons. The lowest BCUT2D eigenvalue weighted by Gasteiger charge is -2.02. The molecular formula is C13H16FN7O3. The summed E-state index contributed by atoms with van der Waals surface area (Å²) in [5.41, 5.74) is 3.19. The number of nitrogens with zero attached hydrogens (tertiary/aromatic N) is 6. The molecule has 1 N–H and O–H groups in total. The largest absolute Gasteiger partial charge is 0.312 e. The second-order valence-corrected chi connectivity index (χ2v) is 5.14. The molecule has 0 spiro atoms. The van der Waals surface area contributed by atoms with Crippen molar-refractivity contribution in [3.63, 3.8) is 0 Å². The normalized spacial score (nSPS) is 11.2. The summed E-state index contributed by atoms with van der Waals surface area (Å²) in [7, 11) is 1.45. The number of hydrogen-bond donors (Lipinski definition) is 1. The molecule has 0 aliphatic heterocycles. The van der Waals surface area contributed by atoms with Gasteiger partial charge in [-0.3, -0.25) is 19.6 Å². The minimum absolute atomic E-state index is 0.126. The maximum atomic E-state index is 13.7. The molecule has 2 aromatic rings. The second-order valence-electron chi connectivity index (χ2n) is 5.14. The number of aryl methyl sites for hydroxylation is 3. The number of carbonyl (C=O) groups is 1. The van der Waals surface area contributed by atoms with Crippen LogP contribution in [-0.4, -0.2) is 36.6 Å². The molecule has 11 heteroatoms. The molecule has 0 saturated heterocycles. The number of hydrogen-bond acceptors (Lipinski definition) is 6. The van der Waals surface area contributed by atoms with Gasteiger partial charge in [-0.05, 0) is 20.8 Å². The van der Waals surface area contributed by atoms with E-state index < -0.39 is 16.8 Å². The fourth-order valence-corrected chi connectivity index (χ4v) is 2.24. The second kappa shape index (κ2) is 6.56. The zero-order valence-electron chi connectivity index (χ0n) is 13.6. The molecule has 2 heterocycles. The van der Waals surface area contributed by atoms with Crippen LogP contribution in [0.25, 0.3) is 0 Å². The number of nitrogens with one attached hydrogen (secondary N) is 1. The summed E-state index contributed by atoms with van der Waals surface area (Å²) in [6.45, 7) is 4.36. The summed E-state index contributed by atoms with van der Waals surface area (Å²) >= 11 is 0. The van der Waals surface area contributed by atoms with E-state index in [1.807, 2.05) is 0 Å². The van der Waals surface area contributed by atoms with Gasteiger partial charge in [-0.25, -0.2) is 10.1 Å². The third-order valence-electron chi connectivity index (χ3n) is 3.40. The van der Waals surface area contributed by atoms with Gasteiger partial charge in [0.1, 0.15) is 17.9 Å². The van der Waals surface area contributed by atoms with Crippen LogP contribution in [0.3, 0.4) is 0 Å². The third-order valence-corrected chi connectivity index (χ3v) is 3.40. The van der Waals surface area contributed by atoms with Crippen molar-refractivity contribution in [1.82, 2.24) is 25.0 Å². The average molecular weight is 337 g/mol. The van der Waals surface area contributed by atoms with Gasteiger partial charge in [-0.15, -0.1) is 0 Å². The highest BCUT2D eigenvalue weighted by Crippen LogP contribution is 2.21. The first-order valence-corrected chi connectivity index (χ1v) is 6.91. The topological polar surface area (TPSA) is 120 Å². The Morgan fingerprint density at radius 1 is 1.38 bits per heavy atom. The van der Waals surface area contributed by atoms with E-state index in [4.69, 9.17) is 0 Å². The fraction of sp³-hybridized carbons (Fsp3) is 0.385. The van der Waals surface area contributed by atoms with Crippen molar-refractivity contribution in [2.75, 3.05) is 0 Å². The Kier molecular flexibility index (Phi) is 4.71. The van der Waals surface area contributed by atoms with E-state index in [0.29, 0.717) is 5.69 Å². The van der Waals surface area contributed by atoms with Crippen LogP contribution in [0.5, 0.6) is 0 Å². The Balaban J connectivity index is 2.05. The molecule has 2 aromatic heterocycles. The molecule has 1 amide bonds. The van der Waals surface area contributed by atoms with Gasteiger partial charge in [0.2, 0.25) is 5.95 Å². The molecular weight excluding hydrogens is 321 g/mol. The molecule has 0 unspecified atom stereocenters. The van der Waals surface area contributed by atoms with Gasteiger partial charge in [0.15, 0.2) is 0 Å². The monoisotopic (exact) mass is 337 g/mol. The highest BCUT2D eigenvalue weighted by atomic mass is 19.1. The number of aromatic nitrogens is 4. The zero-order valence-corrected chi connectivity index (χ0v) is 13.6. The Morgan fingerprint density at radius 3 is 2.54 bits per heavy atom. The molecule has 0 bridgehead atoms. The lowest BCUT2D eigenvalue weighted by atomic mass is 10.3. The zero-order chi connectivity index (χ0) is 18.0. The number of rotatable bonds is 5. The van der Waals surface area contributed by atoms with Crippen LogP contribution in [-0.2, 0) is 18.4 Å². The van der Waals surface area contributed by atoms with Gasteiger partial charge < -0.3 is 0 Å². The van der Waals surface area contributed by atoms with Crippen molar-refractivity contribution in [1.29, 1.82) is 0 Å². The van der Waals surface area contributed by atoms with E-state index >= 15 is 0 Å². The number of nitro groups is 1. The van der Waals surface area contributed by atoms with E-state index in [9.17, 15) is 19.3 Å². The van der Waals surface area contributed by atoms with Crippen LogP contribution >= 0.6 is 0 Å². The summed E-state index contributed by atoms with van der Waals surface area (Å²) in [4.78, 5) is 22.2. The van der Waals surface area contributed by atoms with Crippen LogP contribution in [0.1, 0.15) is 22.6 Å². The maximum absolute atomic E-state index is 13.7. The average Bonchev–Trinajstić information content (AvgIpc) is 2.89. The minimum atomic E-state index is -0.570. The molecule has 0 atom stereocenters. The number of halogens is 1. The standard InChI is InChI=1S/C13H16FN7O3/c1-7-10(13(14)19(4)17-7)5-15-16-11(22)6-20-9(3)12(21(23)24)8(2)18-20/h5H,6H2,1-4H3,(H,16,22)/b15-5-. The van der Waals surface area contributed by atoms with Gasteiger partial charge in [0.05, 0.1) is 22.4 Å². The Hall–Kier alpha value is -3.11. The first-order valence-electron chi connectivity index (χ1n) is 6.91. The van der Waals surface area contributed by atoms with E-state index in [1.54, 1.807) is 6.92 Å². The molecule has 0 fully saturated rings. The summed E-state index contributed by atoms with van der Waals surface area (Å²) in [5.74, 6) is -1.12. The third kappa shape index (κ3) is 3.29. The first kappa shape index (κ1) is 17.2. The van der Waals surface area contributed by atoms with Crippen LogP contribution < -0.4 is 5.43 Å².